The number of alkyl halides is 1. The van der Waals surface area contributed by atoms with E-state index in [-0.39, 0.29) is 5.96 Å². The van der Waals surface area contributed by atoms with Crippen molar-refractivity contribution in [3.63, 3.8) is 0 Å². The van der Waals surface area contributed by atoms with E-state index in [9.17, 15) is 0 Å². The highest BCUT2D eigenvalue weighted by molar-refractivity contribution is 14.1. The van der Waals surface area contributed by atoms with E-state index in [4.69, 9.17) is 11.1 Å². The highest BCUT2D eigenvalue weighted by Crippen LogP contribution is 1.84. The minimum atomic E-state index is 0.0647. The molecule has 0 heterocycles. The van der Waals surface area contributed by atoms with Crippen LogP contribution in [0.3, 0.4) is 0 Å². The van der Waals surface area contributed by atoms with Crippen molar-refractivity contribution in [2.24, 2.45) is 5.73 Å². The van der Waals surface area contributed by atoms with E-state index in [1.807, 2.05) is 0 Å². The third kappa shape index (κ3) is 6.00. The Balaban J connectivity index is 2.82. The van der Waals surface area contributed by atoms with Crippen LogP contribution in [0, 0.1) is 5.41 Å². The zero-order valence-electron chi connectivity index (χ0n) is 4.58. The second kappa shape index (κ2) is 5.14. The van der Waals surface area contributed by atoms with Gasteiger partial charge in [0, 0.05) is 11.0 Å². The molecule has 0 rings (SSSR count). The molecule has 8 heavy (non-hydrogen) atoms. The Labute approximate surface area is 62.7 Å². The molecule has 0 saturated heterocycles. The first-order valence-electron chi connectivity index (χ1n) is 2.41. The van der Waals surface area contributed by atoms with Gasteiger partial charge in [-0.05, 0) is 6.42 Å². The Hall–Kier alpha value is 0. The maximum absolute atomic E-state index is 6.74. The van der Waals surface area contributed by atoms with Gasteiger partial charge >= 0.3 is 0 Å². The third-order valence-electron chi connectivity index (χ3n) is 0.626. The molecule has 0 aromatic heterocycles. The molecule has 0 amide bonds. The van der Waals surface area contributed by atoms with E-state index in [2.05, 4.69) is 27.9 Å². The Morgan fingerprint density at radius 1 is 1.75 bits per heavy atom. The molecule has 3 nitrogen and oxygen atoms in total. The minimum absolute atomic E-state index is 0.0647. The summed E-state index contributed by atoms with van der Waals surface area (Å²) in [5, 5.41) is 9.44. The lowest BCUT2D eigenvalue weighted by Crippen LogP contribution is -2.30. The van der Waals surface area contributed by atoms with Gasteiger partial charge in [-0.1, -0.05) is 22.6 Å². The van der Waals surface area contributed by atoms with E-state index in [1.54, 1.807) is 0 Å². The van der Waals surface area contributed by atoms with Crippen LogP contribution in [0.1, 0.15) is 6.42 Å². The first-order valence-corrected chi connectivity index (χ1v) is 3.94. The summed E-state index contributed by atoms with van der Waals surface area (Å²) in [4.78, 5) is 0. The number of nitrogens with two attached hydrogens (primary N) is 1. The van der Waals surface area contributed by atoms with Crippen molar-refractivity contribution in [1.82, 2.24) is 5.32 Å². The molecule has 48 valence electrons. The number of halogens is 1. The molecule has 0 aliphatic rings. The van der Waals surface area contributed by atoms with Gasteiger partial charge in [-0.3, -0.25) is 5.41 Å². The topological polar surface area (TPSA) is 61.9 Å². The predicted octanol–water partition coefficient (Wildman–Crippen LogP) is 0.295. The number of guanidine groups is 1. The summed E-state index contributed by atoms with van der Waals surface area (Å²) in [6.45, 7) is 0.818. The van der Waals surface area contributed by atoms with E-state index < -0.39 is 0 Å². The minimum Gasteiger partial charge on any atom is -0.370 e. The van der Waals surface area contributed by atoms with Crippen LogP contribution >= 0.6 is 22.6 Å². The van der Waals surface area contributed by atoms with Crippen molar-refractivity contribution in [1.29, 1.82) is 5.41 Å². The maximum Gasteiger partial charge on any atom is 0.185 e. The smallest absolute Gasteiger partial charge is 0.185 e. The van der Waals surface area contributed by atoms with E-state index in [1.165, 1.54) is 0 Å². The number of hydrogen-bond donors (Lipinski definition) is 3. The Morgan fingerprint density at radius 3 is 2.75 bits per heavy atom. The molecule has 0 bridgehead atoms. The van der Waals surface area contributed by atoms with Gasteiger partial charge in [0.15, 0.2) is 5.96 Å². The normalized spacial score (nSPS) is 8.62. The fraction of sp³-hybridized carbons (Fsp3) is 0.750. The SMILES string of the molecule is N=C(N)NCCCI. The van der Waals surface area contributed by atoms with Crippen LogP contribution in [0.5, 0.6) is 0 Å². The highest BCUT2D eigenvalue weighted by Gasteiger charge is 1.83. The summed E-state index contributed by atoms with van der Waals surface area (Å²) in [5.74, 6) is 0.0647. The molecule has 0 radical (unpaired) electrons. The largest absolute Gasteiger partial charge is 0.370 e. The van der Waals surface area contributed by atoms with Gasteiger partial charge in [0.05, 0.1) is 0 Å². The predicted molar refractivity (Wildman–Crippen MR) is 43.4 cm³/mol. The van der Waals surface area contributed by atoms with Crippen LogP contribution in [0.25, 0.3) is 0 Å². The van der Waals surface area contributed by atoms with Crippen LogP contribution in [-0.2, 0) is 0 Å². The van der Waals surface area contributed by atoms with Gasteiger partial charge in [-0.25, -0.2) is 0 Å². The summed E-state index contributed by atoms with van der Waals surface area (Å²) in [7, 11) is 0. The van der Waals surface area contributed by atoms with Crippen molar-refractivity contribution in [3.8, 4) is 0 Å². The van der Waals surface area contributed by atoms with Crippen molar-refractivity contribution in [2.75, 3.05) is 11.0 Å². The Bertz CT molecular complexity index is 73.7. The van der Waals surface area contributed by atoms with Gasteiger partial charge in [0.1, 0.15) is 0 Å². The van der Waals surface area contributed by atoms with Crippen molar-refractivity contribution >= 4 is 28.6 Å². The van der Waals surface area contributed by atoms with Crippen LogP contribution in [0.2, 0.25) is 0 Å². The third-order valence-corrected chi connectivity index (χ3v) is 1.39. The average Bonchev–Trinajstić information content (AvgIpc) is 1.66. The second-order valence-electron chi connectivity index (χ2n) is 1.38. The average molecular weight is 227 g/mol. The van der Waals surface area contributed by atoms with Crippen molar-refractivity contribution in [3.05, 3.63) is 0 Å². The van der Waals surface area contributed by atoms with Gasteiger partial charge in [-0.2, -0.15) is 0 Å². The fourth-order valence-corrected chi connectivity index (χ4v) is 0.671. The molecule has 0 aromatic rings. The van der Waals surface area contributed by atoms with Crippen molar-refractivity contribution in [2.45, 2.75) is 6.42 Å². The first-order chi connectivity index (χ1) is 3.77. The lowest BCUT2D eigenvalue weighted by atomic mass is 10.5. The van der Waals surface area contributed by atoms with Crippen LogP contribution < -0.4 is 11.1 Å². The summed E-state index contributed by atoms with van der Waals surface area (Å²) >= 11 is 2.28. The van der Waals surface area contributed by atoms with Gasteiger partial charge in [0.2, 0.25) is 0 Å². The lowest BCUT2D eigenvalue weighted by Gasteiger charge is -1.98. The highest BCUT2D eigenvalue weighted by atomic mass is 127. The van der Waals surface area contributed by atoms with Gasteiger partial charge in [0.25, 0.3) is 0 Å². The van der Waals surface area contributed by atoms with Gasteiger partial charge < -0.3 is 11.1 Å². The molecule has 0 spiro atoms. The summed E-state index contributed by atoms with van der Waals surface area (Å²) in [5.41, 5.74) is 5.00. The molecule has 0 atom stereocenters. The monoisotopic (exact) mass is 227 g/mol. The number of hydrogen-bond acceptors (Lipinski definition) is 1. The summed E-state index contributed by atoms with van der Waals surface area (Å²) in [6.07, 6.45) is 1.07. The van der Waals surface area contributed by atoms with E-state index in [0.29, 0.717) is 0 Å². The fourth-order valence-electron chi connectivity index (χ4n) is 0.290. The van der Waals surface area contributed by atoms with Gasteiger partial charge in [-0.15, -0.1) is 0 Å². The van der Waals surface area contributed by atoms with Crippen LogP contribution in [0.4, 0.5) is 0 Å². The molecule has 4 heteroatoms. The standard InChI is InChI=1S/C4H10IN3/c5-2-1-3-8-4(6)7/h1-3H2,(H4,6,7,8). The molecule has 0 aliphatic heterocycles. The Kier molecular flexibility index (Phi) is 5.14. The molecule has 0 fully saturated rings. The molecule has 4 N–H and O–H groups in total. The van der Waals surface area contributed by atoms with E-state index in [0.717, 1.165) is 17.4 Å². The summed E-state index contributed by atoms with van der Waals surface area (Å²) < 4.78 is 1.11. The molecule has 0 unspecified atom stereocenters. The molecule has 0 aromatic carbocycles. The second-order valence-corrected chi connectivity index (χ2v) is 2.46. The van der Waals surface area contributed by atoms with E-state index >= 15 is 0 Å². The van der Waals surface area contributed by atoms with Crippen LogP contribution in [0.15, 0.2) is 0 Å². The first kappa shape index (κ1) is 8.00. The lowest BCUT2D eigenvalue weighted by molar-refractivity contribution is 0.844. The number of rotatable bonds is 3. The zero-order valence-corrected chi connectivity index (χ0v) is 6.73. The number of nitrogens with one attached hydrogen (secondary N) is 2. The molecular weight excluding hydrogens is 217 g/mol. The Morgan fingerprint density at radius 2 is 2.38 bits per heavy atom. The summed E-state index contributed by atoms with van der Waals surface area (Å²) in [6, 6.07) is 0. The zero-order chi connectivity index (χ0) is 6.41. The molecule has 0 saturated carbocycles. The maximum atomic E-state index is 6.74. The quantitative estimate of drug-likeness (QED) is 0.213. The van der Waals surface area contributed by atoms with Crippen LogP contribution in [-0.4, -0.2) is 16.9 Å². The van der Waals surface area contributed by atoms with Crippen molar-refractivity contribution < 1.29 is 0 Å². The molecule has 0 aliphatic carbocycles. The molecular formula is C4H10IN3.